The van der Waals surface area contributed by atoms with Crippen molar-refractivity contribution in [1.29, 1.82) is 0 Å². The lowest BCUT2D eigenvalue weighted by Gasteiger charge is -2.46. The summed E-state index contributed by atoms with van der Waals surface area (Å²) in [6.07, 6.45) is -3.94. The van der Waals surface area contributed by atoms with Crippen LogP contribution >= 0.6 is 0 Å². The molecule has 2 aromatic carbocycles. The number of rotatable bonds is 8. The summed E-state index contributed by atoms with van der Waals surface area (Å²) in [4.78, 5) is 2.76. The number of hydrogen-bond donors (Lipinski definition) is 3. The van der Waals surface area contributed by atoms with Gasteiger partial charge in [-0.2, -0.15) is 0 Å². The van der Waals surface area contributed by atoms with Crippen LogP contribution in [0.25, 0.3) is 10.4 Å². The minimum atomic E-state index is -1.73. The molecule has 0 aromatic heterocycles. The second kappa shape index (κ2) is 9.84. The van der Waals surface area contributed by atoms with Gasteiger partial charge in [-0.15, -0.1) is 0 Å². The number of hydrogen-bond acceptors (Lipinski definition) is 6. The fourth-order valence-corrected chi connectivity index (χ4v) is 3.51. The monoisotopic (exact) mass is 399 g/mol. The van der Waals surface area contributed by atoms with E-state index in [0.29, 0.717) is 0 Å². The summed E-state index contributed by atoms with van der Waals surface area (Å²) >= 11 is 0. The van der Waals surface area contributed by atoms with Crippen molar-refractivity contribution in [3.63, 3.8) is 0 Å². The summed E-state index contributed by atoms with van der Waals surface area (Å²) < 4.78 is 11.4. The van der Waals surface area contributed by atoms with Crippen LogP contribution in [0, 0.1) is 0 Å². The fraction of sp³-hybridized carbons (Fsp3) is 0.429. The van der Waals surface area contributed by atoms with Gasteiger partial charge in [0.05, 0.1) is 32.0 Å². The van der Waals surface area contributed by atoms with Gasteiger partial charge >= 0.3 is 0 Å². The van der Waals surface area contributed by atoms with Crippen LogP contribution in [-0.4, -0.2) is 51.9 Å². The Morgan fingerprint density at radius 2 is 1.59 bits per heavy atom. The quantitative estimate of drug-likeness (QED) is 0.356. The molecule has 0 radical (unpaired) electrons. The lowest BCUT2D eigenvalue weighted by atomic mass is 9.76. The summed E-state index contributed by atoms with van der Waals surface area (Å²) in [6.45, 7) is 0.183. The highest BCUT2D eigenvalue weighted by Gasteiger charge is 2.52. The number of ether oxygens (including phenoxy) is 2. The highest BCUT2D eigenvalue weighted by atomic mass is 16.5. The third-order valence-corrected chi connectivity index (χ3v) is 5.10. The summed E-state index contributed by atoms with van der Waals surface area (Å²) in [5.74, 6) is 0. The molecule has 29 heavy (non-hydrogen) atoms. The Hall–Kier alpha value is -2.45. The molecule has 2 aromatic rings. The molecule has 1 aliphatic rings. The predicted octanol–water partition coefficient (Wildman–Crippen LogP) is 2.32. The van der Waals surface area contributed by atoms with Crippen LogP contribution in [-0.2, 0) is 22.7 Å². The van der Waals surface area contributed by atoms with Gasteiger partial charge < -0.3 is 24.8 Å². The molecule has 5 atom stereocenters. The third-order valence-electron chi connectivity index (χ3n) is 5.10. The lowest BCUT2D eigenvalue weighted by molar-refractivity contribution is -0.226. The maximum atomic E-state index is 11.1. The van der Waals surface area contributed by atoms with Crippen LogP contribution in [0.4, 0.5) is 0 Å². The van der Waals surface area contributed by atoms with Gasteiger partial charge in [0.25, 0.3) is 0 Å². The van der Waals surface area contributed by atoms with Crippen molar-refractivity contribution in [1.82, 2.24) is 0 Å². The van der Waals surface area contributed by atoms with Gasteiger partial charge in [0.2, 0.25) is 0 Å². The van der Waals surface area contributed by atoms with E-state index in [1.54, 1.807) is 0 Å². The molecule has 8 nitrogen and oxygen atoms in total. The van der Waals surface area contributed by atoms with E-state index in [0.717, 1.165) is 11.1 Å². The van der Waals surface area contributed by atoms with E-state index < -0.39 is 30.0 Å². The first kappa shape index (κ1) is 21.3. The van der Waals surface area contributed by atoms with Crippen molar-refractivity contribution >= 4 is 0 Å². The van der Waals surface area contributed by atoms with Crippen LogP contribution in [0.2, 0.25) is 0 Å². The molecule has 0 amide bonds. The SMILES string of the molecule is [N-]=[N+]=N[C@H]1C[C@](O)(COCc2ccccc2)[C@@H](O)[C@H](OCc2ccccc2)[C@@H]1O. The fourth-order valence-electron chi connectivity index (χ4n) is 3.51. The second-order valence-electron chi connectivity index (χ2n) is 7.26. The number of aliphatic hydroxyl groups excluding tert-OH is 2. The van der Waals surface area contributed by atoms with E-state index in [1.807, 2.05) is 60.7 Å². The molecular weight excluding hydrogens is 374 g/mol. The zero-order valence-electron chi connectivity index (χ0n) is 15.9. The Morgan fingerprint density at radius 1 is 1.00 bits per heavy atom. The summed E-state index contributed by atoms with van der Waals surface area (Å²) in [5.41, 5.74) is 8.86. The van der Waals surface area contributed by atoms with Crippen molar-refractivity contribution in [2.75, 3.05) is 6.61 Å². The molecular formula is C21H25N3O5. The van der Waals surface area contributed by atoms with E-state index in [1.165, 1.54) is 0 Å². The highest BCUT2D eigenvalue weighted by molar-refractivity contribution is 5.15. The Kier molecular flexibility index (Phi) is 7.22. The van der Waals surface area contributed by atoms with E-state index in [2.05, 4.69) is 10.0 Å². The van der Waals surface area contributed by atoms with Crippen LogP contribution < -0.4 is 0 Å². The molecule has 0 saturated heterocycles. The number of aliphatic hydroxyl groups is 3. The standard InChI is InChI=1S/C21H25N3O5/c22-24-23-17-11-21(27,14-28-12-15-7-3-1-4-8-15)20(26)19(18(17)25)29-13-16-9-5-2-6-10-16/h1-10,17-20,25-27H,11-14H2/t17-,18+,19+,20-,21-/m0/s1. The van der Waals surface area contributed by atoms with Crippen molar-refractivity contribution in [2.45, 2.75) is 49.6 Å². The van der Waals surface area contributed by atoms with E-state index in [4.69, 9.17) is 15.0 Å². The smallest absolute Gasteiger partial charge is 0.117 e. The van der Waals surface area contributed by atoms with Gasteiger partial charge in [0, 0.05) is 4.91 Å². The first-order valence-electron chi connectivity index (χ1n) is 9.43. The maximum absolute atomic E-state index is 11.1. The Morgan fingerprint density at radius 3 is 2.17 bits per heavy atom. The molecule has 1 saturated carbocycles. The molecule has 3 N–H and O–H groups in total. The topological polar surface area (TPSA) is 128 Å². The maximum Gasteiger partial charge on any atom is 0.117 e. The van der Waals surface area contributed by atoms with Crippen molar-refractivity contribution < 1.29 is 24.8 Å². The molecule has 0 bridgehead atoms. The molecule has 0 aliphatic heterocycles. The van der Waals surface area contributed by atoms with Crippen LogP contribution in [0.15, 0.2) is 65.8 Å². The van der Waals surface area contributed by atoms with Gasteiger partial charge in [0.1, 0.15) is 17.8 Å². The summed E-state index contributed by atoms with van der Waals surface area (Å²) in [5, 5.41) is 36.0. The number of benzene rings is 2. The van der Waals surface area contributed by atoms with Gasteiger partial charge in [-0.1, -0.05) is 65.8 Å². The highest BCUT2D eigenvalue weighted by Crippen LogP contribution is 2.34. The first-order chi connectivity index (χ1) is 14.0. The second-order valence-corrected chi connectivity index (χ2v) is 7.26. The van der Waals surface area contributed by atoms with Crippen LogP contribution in [0.5, 0.6) is 0 Å². The first-order valence-corrected chi connectivity index (χ1v) is 9.43. The molecule has 0 spiro atoms. The van der Waals surface area contributed by atoms with E-state index in [9.17, 15) is 15.3 Å². The van der Waals surface area contributed by atoms with Crippen molar-refractivity contribution in [3.8, 4) is 0 Å². The van der Waals surface area contributed by atoms with E-state index in [-0.39, 0.29) is 26.2 Å². The zero-order chi connectivity index (χ0) is 20.7. The molecule has 0 heterocycles. The molecule has 1 fully saturated rings. The molecule has 154 valence electrons. The average Bonchev–Trinajstić information content (AvgIpc) is 2.74. The predicted molar refractivity (Wildman–Crippen MR) is 106 cm³/mol. The summed E-state index contributed by atoms with van der Waals surface area (Å²) in [7, 11) is 0. The van der Waals surface area contributed by atoms with E-state index >= 15 is 0 Å². The van der Waals surface area contributed by atoms with Gasteiger partial charge in [-0.3, -0.25) is 0 Å². The molecule has 1 aliphatic carbocycles. The largest absolute Gasteiger partial charge is 0.390 e. The Bertz CT molecular complexity index is 816. The molecule has 0 unspecified atom stereocenters. The van der Waals surface area contributed by atoms with Crippen LogP contribution in [0.3, 0.4) is 0 Å². The van der Waals surface area contributed by atoms with Crippen molar-refractivity contribution in [2.24, 2.45) is 5.11 Å². The van der Waals surface area contributed by atoms with Crippen molar-refractivity contribution in [3.05, 3.63) is 82.2 Å². The van der Waals surface area contributed by atoms with Gasteiger partial charge in [0.15, 0.2) is 0 Å². The third kappa shape index (κ3) is 5.33. The van der Waals surface area contributed by atoms with Crippen LogP contribution in [0.1, 0.15) is 17.5 Å². The normalized spacial score (nSPS) is 29.2. The lowest BCUT2D eigenvalue weighted by Crippen LogP contribution is -2.64. The number of nitrogens with zero attached hydrogens (tertiary/aromatic N) is 3. The average molecular weight is 399 g/mol. The molecule has 3 rings (SSSR count). The summed E-state index contributed by atoms with van der Waals surface area (Å²) in [6, 6.07) is 17.7. The Balaban J connectivity index is 1.70. The Labute approximate surface area is 169 Å². The zero-order valence-corrected chi connectivity index (χ0v) is 15.9. The molecule has 8 heteroatoms. The minimum Gasteiger partial charge on any atom is -0.390 e. The minimum absolute atomic E-state index is 0.129. The number of azide groups is 1. The van der Waals surface area contributed by atoms with Gasteiger partial charge in [-0.25, -0.2) is 0 Å². The van der Waals surface area contributed by atoms with Gasteiger partial charge in [-0.05, 0) is 23.1 Å².